The Morgan fingerprint density at radius 1 is 0.211 bits per heavy atom. The number of aryl methyl sites for hydroxylation is 2. The molecule has 11 heteroatoms. The monoisotopic (exact) mass is 1160 g/mol. The van der Waals surface area contributed by atoms with Gasteiger partial charge in [0.2, 0.25) is 0 Å². The quantitative estimate of drug-likeness (QED) is 0.121. The molecule has 0 fully saturated rings. The van der Waals surface area contributed by atoms with Crippen LogP contribution in [0.3, 0.4) is 0 Å². The topological polar surface area (TPSA) is 142 Å². The second kappa shape index (κ2) is 23.9. The number of fused-ring (bicyclic) bond motifs is 6. The molecule has 11 nitrogen and oxygen atoms in total. The van der Waals surface area contributed by atoms with Crippen molar-refractivity contribution in [2.75, 3.05) is 0 Å². The van der Waals surface area contributed by atoms with Crippen LogP contribution in [0, 0.1) is 13.8 Å². The Morgan fingerprint density at radius 3 is 1.10 bits per heavy atom. The molecule has 8 heterocycles. The Morgan fingerprint density at radius 2 is 0.600 bits per heavy atom. The van der Waals surface area contributed by atoms with Crippen LogP contribution in [0.2, 0.25) is 0 Å². The zero-order valence-corrected chi connectivity index (χ0v) is 49.1. The molecule has 16 aromatic rings. The Labute approximate surface area is 519 Å². The molecule has 0 aliphatic heterocycles. The summed E-state index contributed by atoms with van der Waals surface area (Å²) >= 11 is 0. The summed E-state index contributed by atoms with van der Waals surface area (Å²) in [6.45, 7) is 4.08. The number of aromatic nitrogens is 11. The minimum Gasteiger partial charge on any atom is -0.253 e. The highest BCUT2D eigenvalue weighted by Crippen LogP contribution is 2.38. The molecule has 90 heavy (non-hydrogen) atoms. The van der Waals surface area contributed by atoms with Crippen molar-refractivity contribution in [3.05, 3.63) is 297 Å². The van der Waals surface area contributed by atoms with Gasteiger partial charge >= 0.3 is 0 Å². The largest absolute Gasteiger partial charge is 0.253 e. The van der Waals surface area contributed by atoms with E-state index in [1.807, 2.05) is 135 Å². The SMILES string of the molecule is Cc1cc(-c2ccc(-c3nc(-c4ccccc4)nc(-c4ccccn4)n3)cc2)c2ccc3ccc(-c4ccccc4)nc3c2n1.Cc1cc(-c2cccc(-c3cc(-c4ccccc4)nc(-c4ccccn4)n3)c2)c2ccc3ccc(-c4ccccc4)nc3c2n1. The van der Waals surface area contributed by atoms with Crippen molar-refractivity contribution in [1.29, 1.82) is 0 Å². The predicted molar refractivity (Wildman–Crippen MR) is 362 cm³/mol. The zero-order chi connectivity index (χ0) is 60.3. The fraction of sp³-hybridized carbons (Fsp3) is 0.0253. The minimum absolute atomic E-state index is 0.536. The van der Waals surface area contributed by atoms with E-state index in [1.165, 1.54) is 0 Å². The highest BCUT2D eigenvalue weighted by molar-refractivity contribution is 6.10. The number of pyridine rings is 6. The third-order valence-electron chi connectivity index (χ3n) is 15.8. The molecule has 0 aliphatic rings. The maximum atomic E-state index is 5.11. The van der Waals surface area contributed by atoms with Crippen LogP contribution < -0.4 is 0 Å². The minimum atomic E-state index is 0.536. The van der Waals surface area contributed by atoms with Gasteiger partial charge in [0.05, 0.1) is 44.8 Å². The van der Waals surface area contributed by atoms with Crippen LogP contribution in [-0.2, 0) is 0 Å². The van der Waals surface area contributed by atoms with Gasteiger partial charge in [-0.25, -0.2) is 34.9 Å². The molecule has 0 saturated carbocycles. The lowest BCUT2D eigenvalue weighted by Gasteiger charge is -2.13. The molecular formula is C79H53N11. The summed E-state index contributed by atoms with van der Waals surface area (Å²) in [4.78, 5) is 53.5. The number of hydrogen-bond acceptors (Lipinski definition) is 11. The number of hydrogen-bond donors (Lipinski definition) is 0. The molecule has 0 radical (unpaired) electrons. The summed E-state index contributed by atoms with van der Waals surface area (Å²) in [5.74, 6) is 2.33. The normalized spacial score (nSPS) is 11.2. The highest BCUT2D eigenvalue weighted by atomic mass is 15.0. The molecule has 8 aromatic heterocycles. The molecule has 0 aliphatic carbocycles. The molecule has 0 bridgehead atoms. The third-order valence-corrected chi connectivity index (χ3v) is 15.8. The van der Waals surface area contributed by atoms with Gasteiger partial charge in [0.15, 0.2) is 23.3 Å². The predicted octanol–water partition coefficient (Wildman–Crippen LogP) is 18.6. The molecule has 0 saturated heterocycles. The molecule has 16 rings (SSSR count). The lowest BCUT2D eigenvalue weighted by molar-refractivity contribution is 1.06. The number of nitrogens with zero attached hydrogens (tertiary/aromatic N) is 11. The molecule has 0 atom stereocenters. The number of benzene rings is 8. The van der Waals surface area contributed by atoms with Crippen molar-refractivity contribution >= 4 is 43.6 Å². The fourth-order valence-corrected chi connectivity index (χ4v) is 11.5. The van der Waals surface area contributed by atoms with E-state index >= 15 is 0 Å². The van der Waals surface area contributed by atoms with Gasteiger partial charge in [-0.15, -0.1) is 0 Å². The van der Waals surface area contributed by atoms with Gasteiger partial charge in [0, 0.05) is 78.7 Å². The van der Waals surface area contributed by atoms with Crippen molar-refractivity contribution in [1.82, 2.24) is 54.8 Å². The fourth-order valence-electron chi connectivity index (χ4n) is 11.5. The lowest BCUT2D eigenvalue weighted by atomic mass is 9.96. The third kappa shape index (κ3) is 11.1. The maximum Gasteiger partial charge on any atom is 0.182 e. The van der Waals surface area contributed by atoms with Crippen molar-refractivity contribution in [2.45, 2.75) is 13.8 Å². The van der Waals surface area contributed by atoms with Crippen molar-refractivity contribution in [3.8, 4) is 113 Å². The van der Waals surface area contributed by atoms with Crippen LogP contribution in [0.1, 0.15) is 11.4 Å². The smallest absolute Gasteiger partial charge is 0.182 e. The summed E-state index contributed by atoms with van der Waals surface area (Å²) < 4.78 is 0. The summed E-state index contributed by atoms with van der Waals surface area (Å²) in [6.07, 6.45) is 3.52. The second-order valence-corrected chi connectivity index (χ2v) is 21.9. The molecular weight excluding hydrogens is 1100 g/mol. The van der Waals surface area contributed by atoms with E-state index in [4.69, 9.17) is 44.9 Å². The zero-order valence-electron chi connectivity index (χ0n) is 49.1. The maximum absolute atomic E-state index is 5.11. The highest BCUT2D eigenvalue weighted by Gasteiger charge is 2.18. The van der Waals surface area contributed by atoms with Gasteiger partial charge in [-0.3, -0.25) is 19.9 Å². The van der Waals surface area contributed by atoms with Gasteiger partial charge in [0.25, 0.3) is 0 Å². The first-order valence-electron chi connectivity index (χ1n) is 29.7. The Hall–Kier alpha value is -12.2. The second-order valence-electron chi connectivity index (χ2n) is 21.9. The van der Waals surface area contributed by atoms with Crippen molar-refractivity contribution in [3.63, 3.8) is 0 Å². The summed E-state index contributed by atoms with van der Waals surface area (Å²) in [5, 5.41) is 4.25. The van der Waals surface area contributed by atoms with E-state index in [1.54, 1.807) is 12.4 Å². The summed E-state index contributed by atoms with van der Waals surface area (Å²) in [5.41, 5.74) is 20.8. The molecule has 0 unspecified atom stereocenters. The van der Waals surface area contributed by atoms with Crippen molar-refractivity contribution in [2.24, 2.45) is 0 Å². The average molecular weight is 1160 g/mol. The molecule has 424 valence electrons. The van der Waals surface area contributed by atoms with E-state index in [-0.39, 0.29) is 0 Å². The van der Waals surface area contributed by atoms with Crippen LogP contribution in [0.4, 0.5) is 0 Å². The standard InChI is InChI=1S/C40H27N5.C39H26N6/c1-26-23-33(32-20-18-29-19-21-34(27-11-4-2-5-12-27)43-38(29)39(32)42-26)30-15-10-16-31(24-30)37-25-36(28-13-6-3-7-14-28)44-40(45-37)35-17-8-9-22-41-35;1-25-24-32(31-21-19-28-20-22-33(27-10-4-2-5-11-27)42-35(28)36(31)41-25)26-15-17-30(18-16-26)38-43-37(29-12-6-3-7-13-29)44-39(45-38)34-14-8-9-23-40-34/h2-25H,1H3;2-24H,1H3. The van der Waals surface area contributed by atoms with Gasteiger partial charge < -0.3 is 0 Å². The first kappa shape index (κ1) is 54.4. The lowest BCUT2D eigenvalue weighted by Crippen LogP contribution is -2.01. The van der Waals surface area contributed by atoms with Crippen LogP contribution in [0.5, 0.6) is 0 Å². The molecule has 0 amide bonds. The van der Waals surface area contributed by atoms with Crippen LogP contribution in [0.25, 0.3) is 157 Å². The van der Waals surface area contributed by atoms with Gasteiger partial charge in [-0.1, -0.05) is 212 Å². The van der Waals surface area contributed by atoms with E-state index in [2.05, 4.69) is 162 Å². The van der Waals surface area contributed by atoms with Gasteiger partial charge in [-0.2, -0.15) is 0 Å². The average Bonchev–Trinajstić information content (AvgIpc) is 0.845. The molecule has 0 N–H and O–H groups in total. The Kier molecular flexibility index (Phi) is 14.5. The Bertz CT molecular complexity index is 5180. The van der Waals surface area contributed by atoms with E-state index in [0.29, 0.717) is 29.0 Å². The van der Waals surface area contributed by atoms with Crippen LogP contribution in [-0.4, -0.2) is 54.8 Å². The summed E-state index contributed by atoms with van der Waals surface area (Å²) in [6, 6.07) is 92.4. The first-order valence-corrected chi connectivity index (χ1v) is 29.7. The number of rotatable bonds is 10. The van der Waals surface area contributed by atoms with Gasteiger partial charge in [0.1, 0.15) is 11.4 Å². The molecule has 8 aromatic carbocycles. The summed E-state index contributed by atoms with van der Waals surface area (Å²) in [7, 11) is 0. The van der Waals surface area contributed by atoms with E-state index in [9.17, 15) is 0 Å². The van der Waals surface area contributed by atoms with E-state index in [0.717, 1.165) is 139 Å². The van der Waals surface area contributed by atoms with Gasteiger partial charge in [-0.05, 0) is 96.8 Å². The van der Waals surface area contributed by atoms with E-state index < -0.39 is 0 Å². The van der Waals surface area contributed by atoms with Crippen LogP contribution >= 0.6 is 0 Å². The Balaban J connectivity index is 0.000000150. The first-order chi connectivity index (χ1) is 44.4. The molecule has 0 spiro atoms. The van der Waals surface area contributed by atoms with Crippen molar-refractivity contribution < 1.29 is 0 Å². The van der Waals surface area contributed by atoms with Crippen LogP contribution in [0.15, 0.2) is 285 Å².